The fourth-order valence-corrected chi connectivity index (χ4v) is 3.42. The zero-order valence-corrected chi connectivity index (χ0v) is 13.4. The summed E-state index contributed by atoms with van der Waals surface area (Å²) in [6.07, 6.45) is 2.40. The molecule has 0 heterocycles. The molecule has 0 aliphatic rings. The van der Waals surface area contributed by atoms with Gasteiger partial charge in [-0.15, -0.1) is 0 Å². The fourth-order valence-electron chi connectivity index (χ4n) is 1.53. The molecule has 0 fully saturated rings. The quantitative estimate of drug-likeness (QED) is 0.805. The Morgan fingerprint density at radius 1 is 1.45 bits per heavy atom. The van der Waals surface area contributed by atoms with Gasteiger partial charge in [0.25, 0.3) is 0 Å². The van der Waals surface area contributed by atoms with Crippen molar-refractivity contribution in [2.75, 3.05) is 18.6 Å². The first kappa shape index (κ1) is 17.4. The molecule has 0 saturated carbocycles. The van der Waals surface area contributed by atoms with Gasteiger partial charge < -0.3 is 5.11 Å². The Bertz CT molecular complexity index is 559. The summed E-state index contributed by atoms with van der Waals surface area (Å²) in [6.45, 7) is 3.01. The standard InChI is InChI=1S/C13H20FNO3S2/c1-10-8-11(4-5-12(10)14)20(17,18)15-9-13(2,16)6-7-19-3/h4-5,8,15-16H,6-7,9H2,1-3H3/t13-/m1/s1. The van der Waals surface area contributed by atoms with Crippen LogP contribution in [-0.4, -0.2) is 37.7 Å². The van der Waals surface area contributed by atoms with Gasteiger partial charge in [-0.05, 0) is 56.0 Å². The first-order valence-electron chi connectivity index (χ1n) is 6.15. The second kappa shape index (κ2) is 6.89. The Kier molecular flexibility index (Phi) is 6.00. The second-order valence-corrected chi connectivity index (χ2v) is 7.73. The SMILES string of the molecule is CSCC[C@@](C)(O)CNS(=O)(=O)c1ccc(F)c(C)c1. The van der Waals surface area contributed by atoms with E-state index in [9.17, 15) is 17.9 Å². The monoisotopic (exact) mass is 321 g/mol. The minimum Gasteiger partial charge on any atom is -0.389 e. The van der Waals surface area contributed by atoms with E-state index >= 15 is 0 Å². The van der Waals surface area contributed by atoms with Crippen molar-refractivity contribution in [1.82, 2.24) is 4.72 Å². The van der Waals surface area contributed by atoms with Crippen LogP contribution in [0.4, 0.5) is 4.39 Å². The number of hydrogen-bond donors (Lipinski definition) is 2. The molecule has 0 aliphatic carbocycles. The summed E-state index contributed by atoms with van der Waals surface area (Å²) < 4.78 is 39.6. The van der Waals surface area contributed by atoms with Crippen molar-refractivity contribution in [1.29, 1.82) is 0 Å². The van der Waals surface area contributed by atoms with E-state index in [0.717, 1.165) is 11.8 Å². The Labute approximate surface area is 123 Å². The molecule has 4 nitrogen and oxygen atoms in total. The van der Waals surface area contributed by atoms with E-state index in [4.69, 9.17) is 0 Å². The van der Waals surface area contributed by atoms with Gasteiger partial charge in [0.2, 0.25) is 10.0 Å². The number of rotatable bonds is 7. The zero-order chi connectivity index (χ0) is 15.4. The Balaban J connectivity index is 2.77. The average molecular weight is 321 g/mol. The van der Waals surface area contributed by atoms with Crippen molar-refractivity contribution in [3.8, 4) is 0 Å². The van der Waals surface area contributed by atoms with E-state index < -0.39 is 21.4 Å². The van der Waals surface area contributed by atoms with E-state index in [1.165, 1.54) is 19.1 Å². The Morgan fingerprint density at radius 3 is 2.65 bits per heavy atom. The highest BCUT2D eigenvalue weighted by Gasteiger charge is 2.24. The Hall–Kier alpha value is -0.630. The minimum atomic E-state index is -3.74. The van der Waals surface area contributed by atoms with Crippen LogP contribution in [0.2, 0.25) is 0 Å². The van der Waals surface area contributed by atoms with Crippen LogP contribution < -0.4 is 4.72 Å². The van der Waals surface area contributed by atoms with E-state index in [0.29, 0.717) is 6.42 Å². The third-order valence-electron chi connectivity index (χ3n) is 2.93. The van der Waals surface area contributed by atoms with Crippen LogP contribution in [0.1, 0.15) is 18.9 Å². The van der Waals surface area contributed by atoms with Crippen LogP contribution in [-0.2, 0) is 10.0 Å². The van der Waals surface area contributed by atoms with Crippen molar-refractivity contribution in [3.63, 3.8) is 0 Å². The number of aryl methyl sites for hydroxylation is 1. The number of sulfonamides is 1. The van der Waals surface area contributed by atoms with E-state index in [1.54, 1.807) is 18.7 Å². The molecule has 0 bridgehead atoms. The molecule has 0 radical (unpaired) electrons. The maximum absolute atomic E-state index is 13.1. The fraction of sp³-hybridized carbons (Fsp3) is 0.538. The molecular formula is C13H20FNO3S2. The summed E-state index contributed by atoms with van der Waals surface area (Å²) in [6, 6.07) is 3.60. The number of halogens is 1. The number of thioether (sulfide) groups is 1. The highest BCUT2D eigenvalue weighted by atomic mass is 32.2. The highest BCUT2D eigenvalue weighted by molar-refractivity contribution is 7.98. The lowest BCUT2D eigenvalue weighted by molar-refractivity contribution is 0.0626. The lowest BCUT2D eigenvalue weighted by Crippen LogP contribution is -2.41. The van der Waals surface area contributed by atoms with Gasteiger partial charge in [0, 0.05) is 6.54 Å². The van der Waals surface area contributed by atoms with Crippen molar-refractivity contribution in [3.05, 3.63) is 29.6 Å². The van der Waals surface area contributed by atoms with Gasteiger partial charge >= 0.3 is 0 Å². The molecule has 1 aromatic carbocycles. The lowest BCUT2D eigenvalue weighted by atomic mass is 10.1. The van der Waals surface area contributed by atoms with Gasteiger partial charge in [-0.25, -0.2) is 17.5 Å². The van der Waals surface area contributed by atoms with Crippen molar-refractivity contribution in [2.24, 2.45) is 0 Å². The largest absolute Gasteiger partial charge is 0.389 e. The van der Waals surface area contributed by atoms with Crippen LogP contribution in [0.3, 0.4) is 0 Å². The predicted octanol–water partition coefficient (Wildman–Crippen LogP) is 1.92. The molecule has 7 heteroatoms. The molecule has 1 atom stereocenters. The van der Waals surface area contributed by atoms with Crippen LogP contribution >= 0.6 is 11.8 Å². The molecule has 0 amide bonds. The number of benzene rings is 1. The summed E-state index contributed by atoms with van der Waals surface area (Å²) in [5.74, 6) is 0.292. The van der Waals surface area contributed by atoms with E-state index in [2.05, 4.69) is 4.72 Å². The van der Waals surface area contributed by atoms with Gasteiger partial charge in [0.1, 0.15) is 5.82 Å². The van der Waals surface area contributed by atoms with Gasteiger partial charge in [0.05, 0.1) is 10.5 Å². The van der Waals surface area contributed by atoms with Crippen LogP contribution in [0, 0.1) is 12.7 Å². The maximum Gasteiger partial charge on any atom is 0.240 e. The van der Waals surface area contributed by atoms with Gasteiger partial charge in [0.15, 0.2) is 0 Å². The molecule has 2 N–H and O–H groups in total. The van der Waals surface area contributed by atoms with Gasteiger partial charge in [-0.1, -0.05) is 0 Å². The van der Waals surface area contributed by atoms with E-state index in [-0.39, 0.29) is 17.0 Å². The first-order valence-corrected chi connectivity index (χ1v) is 9.03. The molecular weight excluding hydrogens is 301 g/mol. The van der Waals surface area contributed by atoms with Gasteiger partial charge in [-0.2, -0.15) is 11.8 Å². The number of hydrogen-bond acceptors (Lipinski definition) is 4. The summed E-state index contributed by atoms with van der Waals surface area (Å²) in [5, 5.41) is 10.1. The summed E-state index contributed by atoms with van der Waals surface area (Å²) in [4.78, 5) is -0.00272. The summed E-state index contributed by atoms with van der Waals surface area (Å²) >= 11 is 1.58. The zero-order valence-electron chi connectivity index (χ0n) is 11.8. The molecule has 0 aliphatic heterocycles. The molecule has 0 spiro atoms. The second-order valence-electron chi connectivity index (χ2n) is 4.98. The van der Waals surface area contributed by atoms with Crippen molar-refractivity contribution >= 4 is 21.8 Å². The maximum atomic E-state index is 13.1. The molecule has 20 heavy (non-hydrogen) atoms. The normalized spacial score (nSPS) is 15.1. The van der Waals surface area contributed by atoms with Crippen LogP contribution in [0.25, 0.3) is 0 Å². The minimum absolute atomic E-state index is 0.00272. The van der Waals surface area contributed by atoms with Gasteiger partial charge in [-0.3, -0.25) is 0 Å². The summed E-state index contributed by atoms with van der Waals surface area (Å²) in [7, 11) is -3.74. The number of aliphatic hydroxyl groups is 1. The Morgan fingerprint density at radius 2 is 2.10 bits per heavy atom. The molecule has 1 rings (SSSR count). The van der Waals surface area contributed by atoms with Crippen molar-refractivity contribution in [2.45, 2.75) is 30.8 Å². The topological polar surface area (TPSA) is 66.4 Å². The predicted molar refractivity (Wildman–Crippen MR) is 79.9 cm³/mol. The highest BCUT2D eigenvalue weighted by Crippen LogP contribution is 2.16. The van der Waals surface area contributed by atoms with Crippen molar-refractivity contribution < 1.29 is 17.9 Å². The third-order valence-corrected chi connectivity index (χ3v) is 4.94. The molecule has 114 valence electrons. The molecule has 0 aromatic heterocycles. The van der Waals surface area contributed by atoms with Crippen LogP contribution in [0.5, 0.6) is 0 Å². The molecule has 0 saturated heterocycles. The van der Waals surface area contributed by atoms with E-state index in [1.807, 2.05) is 6.26 Å². The molecule has 0 unspecified atom stereocenters. The number of nitrogens with one attached hydrogen (secondary N) is 1. The lowest BCUT2D eigenvalue weighted by Gasteiger charge is -2.23. The summed E-state index contributed by atoms with van der Waals surface area (Å²) in [5.41, 5.74) is -0.840. The third kappa shape index (κ3) is 5.05. The smallest absolute Gasteiger partial charge is 0.240 e. The van der Waals surface area contributed by atoms with Crippen LogP contribution in [0.15, 0.2) is 23.1 Å². The molecule has 1 aromatic rings. The first-order chi connectivity index (χ1) is 9.18. The average Bonchev–Trinajstić information content (AvgIpc) is 2.37.